The fourth-order valence-electron chi connectivity index (χ4n) is 3.32. The van der Waals surface area contributed by atoms with Gasteiger partial charge in [0, 0.05) is 44.1 Å². The monoisotopic (exact) mass is 350 g/mol. The Morgan fingerprint density at radius 2 is 1.96 bits per heavy atom. The lowest BCUT2D eigenvalue weighted by atomic mass is 10.2. The van der Waals surface area contributed by atoms with Gasteiger partial charge in [0.2, 0.25) is 5.91 Å². The number of carbonyl (C=O) groups excluding carboxylic acids is 1. The van der Waals surface area contributed by atoms with Gasteiger partial charge in [-0.3, -0.25) is 9.69 Å². The number of benzene rings is 1. The average Bonchev–Trinajstić information content (AvgIpc) is 3.02. The highest BCUT2D eigenvalue weighted by molar-refractivity contribution is 7.98. The number of hydrogen-bond acceptors (Lipinski definition) is 5. The van der Waals surface area contributed by atoms with Crippen LogP contribution in [0.2, 0.25) is 0 Å². The average molecular weight is 350 g/mol. The molecular formula is C18H26N2O3S. The van der Waals surface area contributed by atoms with E-state index in [2.05, 4.69) is 17.0 Å². The normalized spacial score (nSPS) is 25.1. The summed E-state index contributed by atoms with van der Waals surface area (Å²) >= 11 is 1.79. The van der Waals surface area contributed by atoms with Crippen molar-refractivity contribution in [2.24, 2.45) is 0 Å². The van der Waals surface area contributed by atoms with Crippen molar-refractivity contribution in [3.63, 3.8) is 0 Å². The van der Waals surface area contributed by atoms with Crippen molar-refractivity contribution in [1.29, 1.82) is 0 Å². The van der Waals surface area contributed by atoms with E-state index in [9.17, 15) is 9.90 Å². The topological polar surface area (TPSA) is 53.0 Å². The van der Waals surface area contributed by atoms with Crippen molar-refractivity contribution >= 4 is 17.7 Å². The second kappa shape index (κ2) is 8.85. The minimum atomic E-state index is -0.441. The standard InChI is InChI=1S/C18H26N2O3S/c21-17-13-20(12-16(17)19-7-9-23-10-8-19)18(22)6-11-24-14-15-4-2-1-3-5-15/h1-5,16-17,21H,6-14H2/t16-,17-/m0/s1. The largest absolute Gasteiger partial charge is 0.390 e. The zero-order chi connectivity index (χ0) is 16.8. The molecule has 3 rings (SSSR count). The SMILES string of the molecule is O=C(CCSCc1ccccc1)N1C[C@H](O)[C@@H](N2CCOCC2)C1. The fraction of sp³-hybridized carbons (Fsp3) is 0.611. The molecule has 2 atom stereocenters. The van der Waals surface area contributed by atoms with Gasteiger partial charge in [-0.1, -0.05) is 30.3 Å². The number of nitrogens with zero attached hydrogens (tertiary/aromatic N) is 2. The van der Waals surface area contributed by atoms with Crippen molar-refractivity contribution in [3.8, 4) is 0 Å². The maximum Gasteiger partial charge on any atom is 0.223 e. The highest BCUT2D eigenvalue weighted by Crippen LogP contribution is 2.20. The zero-order valence-corrected chi connectivity index (χ0v) is 14.8. The third-order valence-electron chi connectivity index (χ3n) is 4.70. The Morgan fingerprint density at radius 3 is 2.71 bits per heavy atom. The first-order chi connectivity index (χ1) is 11.7. The molecule has 2 aliphatic rings. The highest BCUT2D eigenvalue weighted by atomic mass is 32.2. The molecule has 0 bridgehead atoms. The zero-order valence-electron chi connectivity index (χ0n) is 14.0. The van der Waals surface area contributed by atoms with Crippen molar-refractivity contribution in [3.05, 3.63) is 35.9 Å². The van der Waals surface area contributed by atoms with Crippen molar-refractivity contribution in [2.45, 2.75) is 24.3 Å². The van der Waals surface area contributed by atoms with Crippen LogP contribution in [0.5, 0.6) is 0 Å². The van der Waals surface area contributed by atoms with E-state index in [0.29, 0.717) is 32.7 Å². The molecule has 132 valence electrons. The Balaban J connectivity index is 1.39. The Kier molecular flexibility index (Phi) is 6.54. The predicted molar refractivity (Wildman–Crippen MR) is 96.0 cm³/mol. The number of rotatable bonds is 6. The van der Waals surface area contributed by atoms with E-state index in [0.717, 1.165) is 24.6 Å². The Labute approximate surface area is 148 Å². The van der Waals surface area contributed by atoms with Gasteiger partial charge in [0.1, 0.15) is 0 Å². The third-order valence-corrected chi connectivity index (χ3v) is 5.73. The van der Waals surface area contributed by atoms with E-state index in [1.54, 1.807) is 11.8 Å². The summed E-state index contributed by atoms with van der Waals surface area (Å²) in [6.07, 6.45) is 0.101. The molecule has 1 N–H and O–H groups in total. The van der Waals surface area contributed by atoms with E-state index in [1.807, 2.05) is 23.1 Å². The van der Waals surface area contributed by atoms with Gasteiger partial charge in [-0.05, 0) is 5.56 Å². The molecule has 1 amide bonds. The van der Waals surface area contributed by atoms with Crippen LogP contribution in [0.4, 0.5) is 0 Å². The van der Waals surface area contributed by atoms with Crippen molar-refractivity contribution in [2.75, 3.05) is 45.1 Å². The molecule has 1 aromatic carbocycles. The summed E-state index contributed by atoms with van der Waals surface area (Å²) in [5.74, 6) is 1.92. The van der Waals surface area contributed by atoms with Crippen LogP contribution in [0, 0.1) is 0 Å². The molecule has 0 saturated carbocycles. The van der Waals surface area contributed by atoms with E-state index < -0.39 is 6.10 Å². The van der Waals surface area contributed by atoms with Crippen LogP contribution in [0.3, 0.4) is 0 Å². The summed E-state index contributed by atoms with van der Waals surface area (Å²) in [7, 11) is 0. The van der Waals surface area contributed by atoms with E-state index in [-0.39, 0.29) is 11.9 Å². The lowest BCUT2D eigenvalue weighted by molar-refractivity contribution is -0.130. The van der Waals surface area contributed by atoms with Crippen LogP contribution in [-0.2, 0) is 15.3 Å². The number of β-amino-alcohol motifs (C(OH)–C–C–N with tert-alkyl or cyclic N) is 1. The van der Waals surface area contributed by atoms with Gasteiger partial charge in [-0.25, -0.2) is 0 Å². The maximum absolute atomic E-state index is 12.4. The first-order valence-corrected chi connectivity index (χ1v) is 9.79. The van der Waals surface area contributed by atoms with Gasteiger partial charge in [0.25, 0.3) is 0 Å². The lowest BCUT2D eigenvalue weighted by Gasteiger charge is -2.33. The molecule has 2 saturated heterocycles. The molecule has 0 unspecified atom stereocenters. The summed E-state index contributed by atoms with van der Waals surface area (Å²) in [4.78, 5) is 16.5. The first-order valence-electron chi connectivity index (χ1n) is 8.63. The number of aliphatic hydroxyl groups excluding tert-OH is 1. The van der Waals surface area contributed by atoms with Gasteiger partial charge in [-0.2, -0.15) is 11.8 Å². The quantitative estimate of drug-likeness (QED) is 0.782. The lowest BCUT2D eigenvalue weighted by Crippen LogP contribution is -2.49. The predicted octanol–water partition coefficient (Wildman–Crippen LogP) is 1.21. The number of thioether (sulfide) groups is 1. The maximum atomic E-state index is 12.4. The van der Waals surface area contributed by atoms with Gasteiger partial charge >= 0.3 is 0 Å². The van der Waals surface area contributed by atoms with Crippen molar-refractivity contribution < 1.29 is 14.6 Å². The molecular weight excluding hydrogens is 324 g/mol. The summed E-state index contributed by atoms with van der Waals surface area (Å²) in [6.45, 7) is 4.22. The molecule has 5 nitrogen and oxygen atoms in total. The number of aliphatic hydroxyl groups is 1. The second-order valence-corrected chi connectivity index (χ2v) is 7.48. The Hall–Kier alpha value is -1.08. The number of likely N-dealkylation sites (tertiary alicyclic amines) is 1. The summed E-state index contributed by atoms with van der Waals surface area (Å²) in [5.41, 5.74) is 1.29. The fourth-order valence-corrected chi connectivity index (χ4v) is 4.21. The van der Waals surface area contributed by atoms with Crippen LogP contribution < -0.4 is 0 Å². The number of ether oxygens (including phenoxy) is 1. The minimum absolute atomic E-state index is 0.0646. The molecule has 0 spiro atoms. The first kappa shape index (κ1) is 17.7. The second-order valence-electron chi connectivity index (χ2n) is 6.37. The molecule has 2 aliphatic heterocycles. The third kappa shape index (κ3) is 4.72. The van der Waals surface area contributed by atoms with Crippen LogP contribution in [-0.4, -0.2) is 78.1 Å². The Morgan fingerprint density at radius 1 is 1.21 bits per heavy atom. The summed E-state index contributed by atoms with van der Waals surface area (Å²) < 4.78 is 5.36. The number of hydrogen-bond donors (Lipinski definition) is 1. The summed E-state index contributed by atoms with van der Waals surface area (Å²) in [6, 6.07) is 10.4. The van der Waals surface area contributed by atoms with Crippen LogP contribution in [0.25, 0.3) is 0 Å². The van der Waals surface area contributed by atoms with Crippen LogP contribution >= 0.6 is 11.8 Å². The summed E-state index contributed by atoms with van der Waals surface area (Å²) in [5, 5.41) is 10.3. The Bertz CT molecular complexity index is 522. The van der Waals surface area contributed by atoms with Gasteiger partial charge < -0.3 is 14.7 Å². The molecule has 1 aromatic rings. The molecule has 0 radical (unpaired) electrons. The van der Waals surface area contributed by atoms with Crippen molar-refractivity contribution in [1.82, 2.24) is 9.80 Å². The van der Waals surface area contributed by atoms with Gasteiger partial charge in [0.15, 0.2) is 0 Å². The minimum Gasteiger partial charge on any atom is -0.390 e. The van der Waals surface area contributed by atoms with Gasteiger partial charge in [0.05, 0.1) is 25.4 Å². The number of carbonyl (C=O) groups is 1. The molecule has 2 fully saturated rings. The molecule has 6 heteroatoms. The van der Waals surface area contributed by atoms with E-state index in [4.69, 9.17) is 4.74 Å². The molecule has 0 aromatic heterocycles. The van der Waals surface area contributed by atoms with E-state index in [1.165, 1.54) is 5.56 Å². The van der Waals surface area contributed by atoms with Gasteiger partial charge in [-0.15, -0.1) is 0 Å². The number of amides is 1. The van der Waals surface area contributed by atoms with Crippen LogP contribution in [0.1, 0.15) is 12.0 Å². The van der Waals surface area contributed by atoms with Crippen LogP contribution in [0.15, 0.2) is 30.3 Å². The highest BCUT2D eigenvalue weighted by Gasteiger charge is 2.37. The molecule has 0 aliphatic carbocycles. The number of morpholine rings is 1. The molecule has 2 heterocycles. The molecule has 24 heavy (non-hydrogen) atoms. The van der Waals surface area contributed by atoms with E-state index >= 15 is 0 Å². The smallest absolute Gasteiger partial charge is 0.223 e.